The third kappa shape index (κ3) is 3.22. The molecule has 0 atom stereocenters. The van der Waals surface area contributed by atoms with E-state index in [4.69, 9.17) is 0 Å². The normalized spacial score (nSPS) is 15.4. The number of nitrogens with zero attached hydrogens (tertiary/aromatic N) is 2. The maximum Gasteiger partial charge on any atom is 0.230 e. The quantitative estimate of drug-likeness (QED) is 0.938. The summed E-state index contributed by atoms with van der Waals surface area (Å²) in [6.07, 6.45) is 5.33. The molecule has 0 aliphatic heterocycles. The Labute approximate surface area is 122 Å². The summed E-state index contributed by atoms with van der Waals surface area (Å²) in [5, 5.41) is 12.8. The van der Waals surface area contributed by atoms with Crippen LogP contribution in [0.2, 0.25) is 0 Å². The SMILES string of the molecule is O=C(Cc1ccccc1)Nc1nnc(C2CCCC2)s1. The fraction of sp³-hybridized carbons (Fsp3) is 0.400. The molecule has 1 fully saturated rings. The summed E-state index contributed by atoms with van der Waals surface area (Å²) in [5.74, 6) is 0.512. The van der Waals surface area contributed by atoms with Crippen molar-refractivity contribution in [2.24, 2.45) is 0 Å². The van der Waals surface area contributed by atoms with Crippen LogP contribution in [0.3, 0.4) is 0 Å². The Hall–Kier alpha value is -1.75. The van der Waals surface area contributed by atoms with E-state index >= 15 is 0 Å². The Morgan fingerprint density at radius 2 is 1.95 bits per heavy atom. The van der Waals surface area contributed by atoms with Gasteiger partial charge in [0.1, 0.15) is 5.01 Å². The van der Waals surface area contributed by atoms with Gasteiger partial charge in [-0.2, -0.15) is 0 Å². The molecule has 0 unspecified atom stereocenters. The summed E-state index contributed by atoms with van der Waals surface area (Å²) in [4.78, 5) is 11.9. The lowest BCUT2D eigenvalue weighted by Gasteiger charge is -2.02. The molecule has 0 saturated heterocycles. The van der Waals surface area contributed by atoms with Crippen LogP contribution in [-0.2, 0) is 11.2 Å². The first kappa shape index (κ1) is 13.2. The van der Waals surface area contributed by atoms with Gasteiger partial charge in [0, 0.05) is 5.92 Å². The zero-order valence-electron chi connectivity index (χ0n) is 11.2. The Morgan fingerprint density at radius 3 is 2.70 bits per heavy atom. The van der Waals surface area contributed by atoms with Gasteiger partial charge < -0.3 is 5.32 Å². The number of amides is 1. The summed E-state index contributed by atoms with van der Waals surface area (Å²) in [6.45, 7) is 0. The minimum absolute atomic E-state index is 0.0367. The molecule has 1 heterocycles. The summed E-state index contributed by atoms with van der Waals surface area (Å²) in [5.41, 5.74) is 1.01. The smallest absolute Gasteiger partial charge is 0.230 e. The zero-order chi connectivity index (χ0) is 13.8. The van der Waals surface area contributed by atoms with Crippen molar-refractivity contribution in [3.05, 3.63) is 40.9 Å². The van der Waals surface area contributed by atoms with Crippen LogP contribution in [0.15, 0.2) is 30.3 Å². The number of hydrogen-bond donors (Lipinski definition) is 1. The highest BCUT2D eigenvalue weighted by Gasteiger charge is 2.21. The monoisotopic (exact) mass is 287 g/mol. The van der Waals surface area contributed by atoms with Gasteiger partial charge in [-0.3, -0.25) is 4.79 Å². The van der Waals surface area contributed by atoms with Gasteiger partial charge in [-0.25, -0.2) is 0 Å². The van der Waals surface area contributed by atoms with Gasteiger partial charge >= 0.3 is 0 Å². The molecule has 104 valence electrons. The number of carbonyl (C=O) groups excluding carboxylic acids is 1. The van der Waals surface area contributed by atoms with Crippen LogP contribution < -0.4 is 5.32 Å². The number of hydrogen-bond acceptors (Lipinski definition) is 4. The molecule has 1 aromatic carbocycles. The second kappa shape index (κ2) is 6.13. The lowest BCUT2D eigenvalue weighted by molar-refractivity contribution is -0.115. The number of rotatable bonds is 4. The number of carbonyl (C=O) groups is 1. The second-order valence-corrected chi connectivity index (χ2v) is 6.15. The van der Waals surface area contributed by atoms with E-state index in [0.29, 0.717) is 17.5 Å². The second-order valence-electron chi connectivity index (χ2n) is 5.14. The van der Waals surface area contributed by atoms with Crippen molar-refractivity contribution >= 4 is 22.4 Å². The predicted molar refractivity (Wildman–Crippen MR) is 79.9 cm³/mol. The van der Waals surface area contributed by atoms with Crippen LogP contribution in [0.25, 0.3) is 0 Å². The number of anilines is 1. The molecule has 4 nitrogen and oxygen atoms in total. The first-order chi connectivity index (χ1) is 9.81. The average Bonchev–Trinajstić information content (AvgIpc) is 3.10. The highest BCUT2D eigenvalue weighted by Crippen LogP contribution is 2.36. The molecule has 1 aliphatic carbocycles. The molecule has 5 heteroatoms. The topological polar surface area (TPSA) is 54.9 Å². The van der Waals surface area contributed by atoms with Crippen molar-refractivity contribution in [1.29, 1.82) is 0 Å². The van der Waals surface area contributed by atoms with Crippen LogP contribution in [0.4, 0.5) is 5.13 Å². The van der Waals surface area contributed by atoms with Crippen molar-refractivity contribution in [3.63, 3.8) is 0 Å². The fourth-order valence-corrected chi connectivity index (χ4v) is 3.50. The lowest BCUT2D eigenvalue weighted by atomic mass is 10.1. The van der Waals surface area contributed by atoms with Gasteiger partial charge in [0.2, 0.25) is 11.0 Å². The molecule has 1 saturated carbocycles. The van der Waals surface area contributed by atoms with Crippen molar-refractivity contribution in [2.75, 3.05) is 5.32 Å². The van der Waals surface area contributed by atoms with Gasteiger partial charge in [-0.1, -0.05) is 54.5 Å². The molecule has 1 amide bonds. The summed E-state index contributed by atoms with van der Waals surface area (Å²) >= 11 is 1.51. The zero-order valence-corrected chi connectivity index (χ0v) is 12.0. The van der Waals surface area contributed by atoms with Crippen molar-refractivity contribution in [3.8, 4) is 0 Å². The van der Waals surface area contributed by atoms with E-state index in [-0.39, 0.29) is 5.91 Å². The molecule has 1 aromatic heterocycles. The van der Waals surface area contributed by atoms with Crippen LogP contribution in [0, 0.1) is 0 Å². The minimum atomic E-state index is -0.0367. The van der Waals surface area contributed by atoms with E-state index in [1.165, 1.54) is 37.0 Å². The van der Waals surface area contributed by atoms with Gasteiger partial charge in [-0.05, 0) is 18.4 Å². The highest BCUT2D eigenvalue weighted by atomic mass is 32.1. The Morgan fingerprint density at radius 1 is 1.20 bits per heavy atom. The van der Waals surface area contributed by atoms with E-state index in [1.807, 2.05) is 30.3 Å². The third-order valence-corrected chi connectivity index (χ3v) is 4.60. The summed E-state index contributed by atoms with van der Waals surface area (Å²) < 4.78 is 0. The molecular weight excluding hydrogens is 270 g/mol. The third-order valence-electron chi connectivity index (χ3n) is 3.60. The lowest BCUT2D eigenvalue weighted by Crippen LogP contribution is -2.14. The molecular formula is C15H17N3OS. The van der Waals surface area contributed by atoms with Crippen molar-refractivity contribution in [2.45, 2.75) is 38.0 Å². The molecule has 3 rings (SSSR count). The Balaban J connectivity index is 1.59. The molecule has 0 radical (unpaired) electrons. The molecule has 1 N–H and O–H groups in total. The van der Waals surface area contributed by atoms with E-state index in [2.05, 4.69) is 15.5 Å². The Bertz CT molecular complexity index is 576. The van der Waals surface area contributed by atoms with Gasteiger partial charge in [0.25, 0.3) is 0 Å². The number of aromatic nitrogens is 2. The maximum atomic E-state index is 11.9. The molecule has 2 aromatic rings. The minimum Gasteiger partial charge on any atom is -0.300 e. The number of nitrogens with one attached hydrogen (secondary N) is 1. The molecule has 0 bridgehead atoms. The van der Waals surface area contributed by atoms with E-state index in [1.54, 1.807) is 0 Å². The molecule has 20 heavy (non-hydrogen) atoms. The first-order valence-corrected chi connectivity index (χ1v) is 7.80. The van der Waals surface area contributed by atoms with E-state index < -0.39 is 0 Å². The predicted octanol–water partition coefficient (Wildman–Crippen LogP) is 3.38. The van der Waals surface area contributed by atoms with E-state index in [0.717, 1.165) is 10.6 Å². The largest absolute Gasteiger partial charge is 0.300 e. The average molecular weight is 287 g/mol. The molecule has 1 aliphatic rings. The van der Waals surface area contributed by atoms with E-state index in [9.17, 15) is 4.79 Å². The van der Waals surface area contributed by atoms with Crippen molar-refractivity contribution < 1.29 is 4.79 Å². The van der Waals surface area contributed by atoms with Crippen molar-refractivity contribution in [1.82, 2.24) is 10.2 Å². The van der Waals surface area contributed by atoms with Gasteiger partial charge in [-0.15, -0.1) is 10.2 Å². The maximum absolute atomic E-state index is 11.9. The van der Waals surface area contributed by atoms with Crippen LogP contribution >= 0.6 is 11.3 Å². The standard InChI is InChI=1S/C15H17N3OS/c19-13(10-11-6-2-1-3-7-11)16-15-18-17-14(20-15)12-8-4-5-9-12/h1-3,6-7,12H,4-5,8-10H2,(H,16,18,19). The van der Waals surface area contributed by atoms with Crippen LogP contribution in [0.5, 0.6) is 0 Å². The highest BCUT2D eigenvalue weighted by molar-refractivity contribution is 7.15. The van der Waals surface area contributed by atoms with Crippen LogP contribution in [-0.4, -0.2) is 16.1 Å². The number of benzene rings is 1. The molecule has 0 spiro atoms. The Kier molecular flexibility index (Phi) is 4.06. The van der Waals surface area contributed by atoms with Crippen LogP contribution in [0.1, 0.15) is 42.2 Å². The van der Waals surface area contributed by atoms with Gasteiger partial charge in [0.15, 0.2) is 0 Å². The summed E-state index contributed by atoms with van der Waals surface area (Å²) in [7, 11) is 0. The first-order valence-electron chi connectivity index (χ1n) is 6.98. The van der Waals surface area contributed by atoms with Gasteiger partial charge in [0.05, 0.1) is 6.42 Å². The summed E-state index contributed by atoms with van der Waals surface area (Å²) in [6, 6.07) is 9.71. The fourth-order valence-electron chi connectivity index (χ4n) is 2.57.